The summed E-state index contributed by atoms with van der Waals surface area (Å²) in [7, 11) is 0. The van der Waals surface area contributed by atoms with Gasteiger partial charge in [0.2, 0.25) is 5.91 Å². The molecule has 1 amide bonds. The second kappa shape index (κ2) is 16.1. The van der Waals surface area contributed by atoms with E-state index in [9.17, 15) is 4.79 Å². The molecule has 0 aromatic carbocycles. The number of hydrogen-bond donors (Lipinski definition) is 0. The molecule has 0 aromatic heterocycles. The van der Waals surface area contributed by atoms with Crippen molar-refractivity contribution in [1.82, 2.24) is 9.80 Å². The molecule has 0 saturated carbocycles. The highest BCUT2D eigenvalue weighted by atomic mass is 16.2. The van der Waals surface area contributed by atoms with Gasteiger partial charge in [0.1, 0.15) is 0 Å². The largest absolute Gasteiger partial charge is 0.338 e. The van der Waals surface area contributed by atoms with Crippen molar-refractivity contribution in [2.45, 2.75) is 106 Å². The fraction of sp³-hybridized carbons (Fsp3) is 0.690. The van der Waals surface area contributed by atoms with Gasteiger partial charge in [-0.2, -0.15) is 0 Å². The second-order valence-electron chi connectivity index (χ2n) is 9.79. The van der Waals surface area contributed by atoms with Gasteiger partial charge in [0.05, 0.1) is 0 Å². The van der Waals surface area contributed by atoms with Crippen LogP contribution in [0.3, 0.4) is 0 Å². The van der Waals surface area contributed by atoms with Gasteiger partial charge in [-0.1, -0.05) is 54.4 Å². The lowest BCUT2D eigenvalue weighted by Crippen LogP contribution is -2.49. The highest BCUT2D eigenvalue weighted by molar-refractivity contribution is 5.88. The molecule has 1 unspecified atom stereocenters. The molecule has 1 aliphatic rings. The van der Waals surface area contributed by atoms with Crippen LogP contribution in [0.5, 0.6) is 0 Å². The normalized spacial score (nSPS) is 18.3. The summed E-state index contributed by atoms with van der Waals surface area (Å²) >= 11 is 0. The van der Waals surface area contributed by atoms with E-state index in [1.165, 1.54) is 35.1 Å². The van der Waals surface area contributed by atoms with Crippen LogP contribution in [0.4, 0.5) is 0 Å². The second-order valence-corrected chi connectivity index (χ2v) is 9.79. The van der Waals surface area contributed by atoms with Crippen molar-refractivity contribution in [1.29, 1.82) is 0 Å². The molecule has 0 spiro atoms. The molecule has 3 nitrogen and oxygen atoms in total. The molecule has 182 valence electrons. The zero-order chi connectivity index (χ0) is 23.9. The van der Waals surface area contributed by atoms with Gasteiger partial charge < -0.3 is 4.90 Å². The van der Waals surface area contributed by atoms with Crippen molar-refractivity contribution < 1.29 is 4.79 Å². The summed E-state index contributed by atoms with van der Waals surface area (Å²) in [5, 5.41) is 0. The van der Waals surface area contributed by atoms with Gasteiger partial charge in [-0.25, -0.2) is 0 Å². The quantitative estimate of drug-likeness (QED) is 0.218. The summed E-state index contributed by atoms with van der Waals surface area (Å²) in [6.45, 7) is 19.3. The summed E-state index contributed by atoms with van der Waals surface area (Å²) in [6, 6.07) is 0.520. The topological polar surface area (TPSA) is 23.6 Å². The van der Waals surface area contributed by atoms with E-state index < -0.39 is 0 Å². The minimum Gasteiger partial charge on any atom is -0.338 e. The molecule has 1 saturated heterocycles. The number of likely N-dealkylation sites (N-methyl/N-ethyl adjacent to an activating group) is 1. The van der Waals surface area contributed by atoms with Crippen molar-refractivity contribution in [2.75, 3.05) is 26.2 Å². The average Bonchev–Trinajstić information content (AvgIpc) is 2.74. The SMILES string of the molecule is CCN(CC)C1CCCN(C(=O)C=C(C)CCC=C(C)CCC=C(C)CCC=C(C)C)C1. The van der Waals surface area contributed by atoms with Gasteiger partial charge in [-0.15, -0.1) is 0 Å². The van der Waals surface area contributed by atoms with E-state index in [4.69, 9.17) is 0 Å². The molecule has 0 bridgehead atoms. The standard InChI is InChI=1S/C29H50N2O/c1-8-30(9-2)28-20-13-21-31(23-28)29(32)22-27(7)19-12-18-26(6)17-11-16-25(5)15-10-14-24(3)4/h14,16,18,22,28H,8-13,15,17,19-21,23H2,1-7H3. The first-order valence-electron chi connectivity index (χ1n) is 12.9. The Balaban J connectivity index is 2.40. The highest BCUT2D eigenvalue weighted by Gasteiger charge is 2.25. The van der Waals surface area contributed by atoms with Crippen molar-refractivity contribution in [3.8, 4) is 0 Å². The summed E-state index contributed by atoms with van der Waals surface area (Å²) in [6.07, 6.45) is 17.8. The Kier molecular flexibility index (Phi) is 14.3. The number of amides is 1. The number of allylic oxidation sites excluding steroid dienone is 7. The zero-order valence-corrected chi connectivity index (χ0v) is 22.2. The predicted octanol–water partition coefficient (Wildman–Crippen LogP) is 7.46. The molecule has 1 heterocycles. The van der Waals surface area contributed by atoms with Crippen LogP contribution >= 0.6 is 0 Å². The van der Waals surface area contributed by atoms with Crippen LogP contribution in [0.1, 0.15) is 99.8 Å². The van der Waals surface area contributed by atoms with Gasteiger partial charge in [-0.3, -0.25) is 9.69 Å². The molecule has 0 aromatic rings. The van der Waals surface area contributed by atoms with Crippen LogP contribution in [0.2, 0.25) is 0 Å². The Hall–Kier alpha value is -1.61. The van der Waals surface area contributed by atoms with Gasteiger partial charge in [0.25, 0.3) is 0 Å². The van der Waals surface area contributed by atoms with E-state index in [0.717, 1.165) is 64.7 Å². The average molecular weight is 443 g/mol. The summed E-state index contributed by atoms with van der Waals surface area (Å²) in [5.41, 5.74) is 5.55. The molecule has 1 fully saturated rings. The summed E-state index contributed by atoms with van der Waals surface area (Å²) in [4.78, 5) is 17.3. The van der Waals surface area contributed by atoms with Gasteiger partial charge >= 0.3 is 0 Å². The first-order chi connectivity index (χ1) is 15.3. The van der Waals surface area contributed by atoms with Crippen molar-refractivity contribution in [3.05, 3.63) is 46.6 Å². The van der Waals surface area contributed by atoms with E-state index in [1.807, 2.05) is 6.08 Å². The molecule has 1 aliphatic heterocycles. The predicted molar refractivity (Wildman–Crippen MR) is 141 cm³/mol. The number of nitrogens with zero attached hydrogens (tertiary/aromatic N) is 2. The van der Waals surface area contributed by atoms with Crippen molar-refractivity contribution in [2.24, 2.45) is 0 Å². The van der Waals surface area contributed by atoms with Crippen LogP contribution in [0.25, 0.3) is 0 Å². The zero-order valence-electron chi connectivity index (χ0n) is 22.2. The van der Waals surface area contributed by atoms with Crippen LogP contribution in [-0.2, 0) is 4.79 Å². The number of piperidine rings is 1. The number of carbonyl (C=O) groups is 1. The Bertz CT molecular complexity index is 675. The van der Waals surface area contributed by atoms with E-state index in [2.05, 4.69) is 76.5 Å². The van der Waals surface area contributed by atoms with E-state index in [-0.39, 0.29) is 5.91 Å². The molecule has 0 N–H and O–H groups in total. The maximum absolute atomic E-state index is 12.8. The van der Waals surface area contributed by atoms with Crippen LogP contribution < -0.4 is 0 Å². The molecule has 0 radical (unpaired) electrons. The number of hydrogen-bond acceptors (Lipinski definition) is 2. The maximum atomic E-state index is 12.8. The van der Waals surface area contributed by atoms with E-state index >= 15 is 0 Å². The molecule has 0 aliphatic carbocycles. The van der Waals surface area contributed by atoms with Crippen molar-refractivity contribution in [3.63, 3.8) is 0 Å². The minimum atomic E-state index is 0.203. The molecule has 32 heavy (non-hydrogen) atoms. The molecule has 3 heteroatoms. The molecular formula is C29H50N2O. The van der Waals surface area contributed by atoms with Gasteiger partial charge in [0.15, 0.2) is 0 Å². The summed E-state index contributed by atoms with van der Waals surface area (Å²) in [5.74, 6) is 0.203. The van der Waals surface area contributed by atoms with Gasteiger partial charge in [-0.05, 0) is 99.1 Å². The first kappa shape index (κ1) is 28.4. The van der Waals surface area contributed by atoms with E-state index in [1.54, 1.807) is 0 Å². The third-order valence-electron chi connectivity index (χ3n) is 6.56. The fourth-order valence-electron chi connectivity index (χ4n) is 4.45. The Morgan fingerprint density at radius 1 is 0.844 bits per heavy atom. The van der Waals surface area contributed by atoms with Crippen LogP contribution in [0, 0.1) is 0 Å². The minimum absolute atomic E-state index is 0.203. The third-order valence-corrected chi connectivity index (χ3v) is 6.56. The number of carbonyl (C=O) groups excluding carboxylic acids is 1. The lowest BCUT2D eigenvalue weighted by molar-refractivity contribution is -0.128. The van der Waals surface area contributed by atoms with Crippen LogP contribution in [-0.4, -0.2) is 47.9 Å². The van der Waals surface area contributed by atoms with E-state index in [0.29, 0.717) is 6.04 Å². The number of likely N-dealkylation sites (tertiary alicyclic amines) is 1. The highest BCUT2D eigenvalue weighted by Crippen LogP contribution is 2.18. The molecule has 1 atom stereocenters. The Labute approximate surface area is 199 Å². The fourth-order valence-corrected chi connectivity index (χ4v) is 4.45. The third kappa shape index (κ3) is 11.9. The molecular weight excluding hydrogens is 392 g/mol. The number of rotatable bonds is 13. The van der Waals surface area contributed by atoms with Crippen molar-refractivity contribution >= 4 is 5.91 Å². The Morgan fingerprint density at radius 3 is 1.91 bits per heavy atom. The first-order valence-corrected chi connectivity index (χ1v) is 12.9. The smallest absolute Gasteiger partial charge is 0.246 e. The lowest BCUT2D eigenvalue weighted by atomic mass is 10.0. The monoisotopic (exact) mass is 442 g/mol. The lowest BCUT2D eigenvalue weighted by Gasteiger charge is -2.38. The summed E-state index contributed by atoms with van der Waals surface area (Å²) < 4.78 is 0. The maximum Gasteiger partial charge on any atom is 0.246 e. The Morgan fingerprint density at radius 2 is 1.38 bits per heavy atom. The molecule has 1 rings (SSSR count). The van der Waals surface area contributed by atoms with Gasteiger partial charge in [0, 0.05) is 25.2 Å². The van der Waals surface area contributed by atoms with Crippen LogP contribution in [0.15, 0.2) is 46.6 Å².